The van der Waals surface area contributed by atoms with Gasteiger partial charge >= 0.3 is 0 Å². The quantitative estimate of drug-likeness (QED) is 0.858. The van der Waals surface area contributed by atoms with Crippen molar-refractivity contribution in [1.29, 1.82) is 0 Å². The molecule has 0 aliphatic rings. The summed E-state index contributed by atoms with van der Waals surface area (Å²) < 4.78 is 0. The highest BCUT2D eigenvalue weighted by Gasteiger charge is 2.04. The number of rotatable bonds is 4. The third kappa shape index (κ3) is 3.40. The Morgan fingerprint density at radius 1 is 1.22 bits per heavy atom. The molecule has 0 aliphatic carbocycles. The number of carbonyl (C=O) groups excluding carboxylic acids is 1. The third-order valence-electron chi connectivity index (χ3n) is 2.48. The van der Waals surface area contributed by atoms with E-state index in [0.717, 1.165) is 11.1 Å². The van der Waals surface area contributed by atoms with E-state index in [4.69, 9.17) is 5.11 Å². The van der Waals surface area contributed by atoms with Gasteiger partial charge in [-0.2, -0.15) is 0 Å². The van der Waals surface area contributed by atoms with Gasteiger partial charge in [0.05, 0.1) is 13.0 Å². The van der Waals surface area contributed by atoms with Gasteiger partial charge in [-0.25, -0.2) is 0 Å². The van der Waals surface area contributed by atoms with Crippen molar-refractivity contribution < 1.29 is 9.90 Å². The zero-order valence-corrected chi connectivity index (χ0v) is 9.84. The molecule has 0 radical (unpaired) electrons. The smallest absolute Gasteiger partial charge is 0.228 e. The van der Waals surface area contributed by atoms with Crippen molar-refractivity contribution in [2.45, 2.75) is 13.0 Å². The van der Waals surface area contributed by atoms with Gasteiger partial charge in [0.2, 0.25) is 5.91 Å². The number of anilines is 1. The maximum Gasteiger partial charge on any atom is 0.228 e. The molecule has 0 saturated carbocycles. The molecule has 0 bridgehead atoms. The van der Waals surface area contributed by atoms with Gasteiger partial charge in [0.1, 0.15) is 0 Å². The summed E-state index contributed by atoms with van der Waals surface area (Å²) in [5.74, 6) is -0.0990. The lowest BCUT2D eigenvalue weighted by Gasteiger charge is -2.06. The molecule has 2 N–H and O–H groups in total. The molecule has 0 unspecified atom stereocenters. The zero-order valence-electron chi connectivity index (χ0n) is 9.84. The van der Waals surface area contributed by atoms with Crippen molar-refractivity contribution in [3.8, 4) is 0 Å². The highest BCUT2D eigenvalue weighted by atomic mass is 16.3. The van der Waals surface area contributed by atoms with Crippen LogP contribution in [0.5, 0.6) is 0 Å². The molecule has 0 aliphatic heterocycles. The molecule has 1 aromatic heterocycles. The molecule has 1 heterocycles. The van der Waals surface area contributed by atoms with Crippen LogP contribution in [0.3, 0.4) is 0 Å². The number of amides is 1. The fourth-order valence-corrected chi connectivity index (χ4v) is 1.64. The van der Waals surface area contributed by atoms with E-state index < -0.39 is 0 Å². The Morgan fingerprint density at radius 3 is 2.78 bits per heavy atom. The van der Waals surface area contributed by atoms with E-state index in [1.807, 2.05) is 6.07 Å². The SMILES string of the molecule is O=C(Cc1cccnc1)Nc1cccc(CO)c1. The molecule has 1 amide bonds. The van der Waals surface area contributed by atoms with Crippen LogP contribution < -0.4 is 5.32 Å². The molecule has 1 aromatic carbocycles. The lowest BCUT2D eigenvalue weighted by Crippen LogP contribution is -2.14. The van der Waals surface area contributed by atoms with Crippen molar-refractivity contribution in [2.75, 3.05) is 5.32 Å². The molecule has 92 valence electrons. The number of aromatic nitrogens is 1. The molecule has 2 aromatic rings. The van der Waals surface area contributed by atoms with E-state index in [1.165, 1.54) is 0 Å². The predicted molar refractivity (Wildman–Crippen MR) is 68.9 cm³/mol. The molecule has 0 saturated heterocycles. The minimum absolute atomic E-state index is 0.0354. The second kappa shape index (κ2) is 5.93. The van der Waals surface area contributed by atoms with E-state index in [2.05, 4.69) is 10.3 Å². The summed E-state index contributed by atoms with van der Waals surface area (Å²) in [5.41, 5.74) is 2.33. The van der Waals surface area contributed by atoms with Crippen molar-refractivity contribution in [1.82, 2.24) is 4.98 Å². The second-order valence-electron chi connectivity index (χ2n) is 3.94. The van der Waals surface area contributed by atoms with Crippen LogP contribution in [-0.4, -0.2) is 16.0 Å². The first-order chi connectivity index (χ1) is 8.78. The molecule has 4 heteroatoms. The Kier molecular flexibility index (Phi) is 4.04. The van der Waals surface area contributed by atoms with E-state index in [-0.39, 0.29) is 18.9 Å². The number of carbonyl (C=O) groups is 1. The third-order valence-corrected chi connectivity index (χ3v) is 2.48. The minimum atomic E-state index is -0.0990. The number of nitrogens with one attached hydrogen (secondary N) is 1. The van der Waals surface area contributed by atoms with Crippen LogP contribution in [0.4, 0.5) is 5.69 Å². The van der Waals surface area contributed by atoms with Crippen molar-refractivity contribution in [3.05, 3.63) is 59.9 Å². The van der Waals surface area contributed by atoms with Gasteiger partial charge < -0.3 is 10.4 Å². The van der Waals surface area contributed by atoms with Crippen molar-refractivity contribution in [2.24, 2.45) is 0 Å². The van der Waals surface area contributed by atoms with E-state index >= 15 is 0 Å². The predicted octanol–water partition coefficient (Wildman–Crippen LogP) is 1.76. The van der Waals surface area contributed by atoms with Crippen LogP contribution in [0, 0.1) is 0 Å². The first kappa shape index (κ1) is 12.3. The molecule has 0 fully saturated rings. The molecule has 4 nitrogen and oxygen atoms in total. The van der Waals surface area contributed by atoms with Gasteiger partial charge in [-0.3, -0.25) is 9.78 Å². The summed E-state index contributed by atoms with van der Waals surface area (Å²) in [6.45, 7) is -0.0354. The summed E-state index contributed by atoms with van der Waals surface area (Å²) in [7, 11) is 0. The Morgan fingerprint density at radius 2 is 2.06 bits per heavy atom. The monoisotopic (exact) mass is 242 g/mol. The summed E-state index contributed by atoms with van der Waals surface area (Å²) >= 11 is 0. The number of nitrogens with zero attached hydrogens (tertiary/aromatic N) is 1. The lowest BCUT2D eigenvalue weighted by atomic mass is 10.2. The highest BCUT2D eigenvalue weighted by Crippen LogP contribution is 2.11. The van der Waals surface area contributed by atoms with Crippen LogP contribution in [0.15, 0.2) is 48.8 Å². The van der Waals surface area contributed by atoms with Crippen LogP contribution in [0.1, 0.15) is 11.1 Å². The fourth-order valence-electron chi connectivity index (χ4n) is 1.64. The Hall–Kier alpha value is -2.20. The standard InChI is InChI=1S/C14H14N2O2/c17-10-12-3-1-5-13(7-12)16-14(18)8-11-4-2-6-15-9-11/h1-7,9,17H,8,10H2,(H,16,18). The normalized spacial score (nSPS) is 10.1. The molecule has 18 heavy (non-hydrogen) atoms. The van der Waals surface area contributed by atoms with Crippen LogP contribution in [-0.2, 0) is 17.8 Å². The molecular formula is C14H14N2O2. The second-order valence-corrected chi connectivity index (χ2v) is 3.94. The topological polar surface area (TPSA) is 62.2 Å². The van der Waals surface area contributed by atoms with E-state index in [9.17, 15) is 4.79 Å². The Labute approximate surface area is 105 Å². The van der Waals surface area contributed by atoms with Crippen LogP contribution in [0.2, 0.25) is 0 Å². The lowest BCUT2D eigenvalue weighted by molar-refractivity contribution is -0.115. The number of hydrogen-bond acceptors (Lipinski definition) is 3. The average Bonchev–Trinajstić information content (AvgIpc) is 2.40. The number of benzene rings is 1. The number of hydrogen-bond donors (Lipinski definition) is 2. The number of aliphatic hydroxyl groups excluding tert-OH is 1. The zero-order chi connectivity index (χ0) is 12.8. The van der Waals surface area contributed by atoms with Crippen LogP contribution >= 0.6 is 0 Å². The van der Waals surface area contributed by atoms with Gasteiger partial charge in [0.15, 0.2) is 0 Å². The van der Waals surface area contributed by atoms with Crippen molar-refractivity contribution in [3.63, 3.8) is 0 Å². The van der Waals surface area contributed by atoms with Gasteiger partial charge in [-0.05, 0) is 29.3 Å². The summed E-state index contributed by atoms with van der Waals surface area (Å²) in [6.07, 6.45) is 3.63. The maximum atomic E-state index is 11.8. The Balaban J connectivity index is 1.99. The van der Waals surface area contributed by atoms with Gasteiger partial charge in [0.25, 0.3) is 0 Å². The molecule has 0 atom stereocenters. The first-order valence-electron chi connectivity index (χ1n) is 5.66. The van der Waals surface area contributed by atoms with Crippen molar-refractivity contribution >= 4 is 11.6 Å². The summed E-state index contributed by atoms with van der Waals surface area (Å²) in [6, 6.07) is 10.8. The van der Waals surface area contributed by atoms with Gasteiger partial charge in [-0.1, -0.05) is 18.2 Å². The van der Waals surface area contributed by atoms with E-state index in [0.29, 0.717) is 5.69 Å². The maximum absolute atomic E-state index is 11.8. The van der Waals surface area contributed by atoms with Gasteiger partial charge in [0, 0.05) is 18.1 Å². The minimum Gasteiger partial charge on any atom is -0.392 e. The molecule has 0 spiro atoms. The fraction of sp³-hybridized carbons (Fsp3) is 0.143. The number of aliphatic hydroxyl groups is 1. The number of pyridine rings is 1. The highest BCUT2D eigenvalue weighted by molar-refractivity contribution is 5.92. The Bertz CT molecular complexity index is 526. The summed E-state index contributed by atoms with van der Waals surface area (Å²) in [4.78, 5) is 15.7. The average molecular weight is 242 g/mol. The van der Waals surface area contributed by atoms with Gasteiger partial charge in [-0.15, -0.1) is 0 Å². The first-order valence-corrected chi connectivity index (χ1v) is 5.66. The summed E-state index contributed by atoms with van der Waals surface area (Å²) in [5, 5.41) is 11.8. The largest absolute Gasteiger partial charge is 0.392 e. The van der Waals surface area contributed by atoms with E-state index in [1.54, 1.807) is 42.7 Å². The molecule has 2 rings (SSSR count). The van der Waals surface area contributed by atoms with Crippen LogP contribution in [0.25, 0.3) is 0 Å². The molecular weight excluding hydrogens is 228 g/mol.